The summed E-state index contributed by atoms with van der Waals surface area (Å²) in [4.78, 5) is 18.1. The highest BCUT2D eigenvalue weighted by atomic mass is 15.2. The first-order chi connectivity index (χ1) is 12.0. The molecule has 3 heterocycles. The lowest BCUT2D eigenvalue weighted by Gasteiger charge is -2.22. The Bertz CT molecular complexity index is 868. The van der Waals surface area contributed by atoms with Crippen LogP contribution in [0.3, 0.4) is 0 Å². The second-order valence-corrected chi connectivity index (χ2v) is 6.61. The van der Waals surface area contributed by atoms with Crippen molar-refractivity contribution < 1.29 is 0 Å². The fraction of sp³-hybridized carbons (Fsp3) is 0.368. The van der Waals surface area contributed by atoms with Crippen molar-refractivity contribution in [2.75, 3.05) is 5.32 Å². The van der Waals surface area contributed by atoms with E-state index in [9.17, 15) is 0 Å². The highest BCUT2D eigenvalue weighted by molar-refractivity contribution is 5.62. The van der Waals surface area contributed by atoms with Gasteiger partial charge in [0.2, 0.25) is 5.95 Å². The Morgan fingerprint density at radius 3 is 2.44 bits per heavy atom. The monoisotopic (exact) mass is 336 g/mol. The number of imidazole rings is 1. The van der Waals surface area contributed by atoms with Crippen LogP contribution in [0.1, 0.15) is 37.1 Å². The molecule has 0 aliphatic carbocycles. The van der Waals surface area contributed by atoms with Crippen LogP contribution in [0.4, 0.5) is 5.95 Å². The molecule has 0 spiro atoms. The largest absolute Gasteiger partial charge is 0.344 e. The van der Waals surface area contributed by atoms with Gasteiger partial charge in [0, 0.05) is 42.6 Å². The van der Waals surface area contributed by atoms with E-state index in [1.807, 2.05) is 50.0 Å². The van der Waals surface area contributed by atoms with E-state index in [1.54, 1.807) is 6.20 Å². The van der Waals surface area contributed by atoms with Crippen molar-refractivity contribution in [3.63, 3.8) is 0 Å². The Morgan fingerprint density at radius 1 is 1.00 bits per heavy atom. The van der Waals surface area contributed by atoms with Crippen LogP contribution in [0.25, 0.3) is 11.3 Å². The fourth-order valence-electron chi connectivity index (χ4n) is 2.88. The van der Waals surface area contributed by atoms with Crippen LogP contribution in [0.5, 0.6) is 0 Å². The highest BCUT2D eigenvalue weighted by Crippen LogP contribution is 2.25. The quantitative estimate of drug-likeness (QED) is 0.769. The smallest absolute Gasteiger partial charge is 0.223 e. The molecule has 6 heteroatoms. The summed E-state index contributed by atoms with van der Waals surface area (Å²) in [7, 11) is 2.00. The van der Waals surface area contributed by atoms with Gasteiger partial charge in [0.25, 0.3) is 0 Å². The average Bonchev–Trinajstić information content (AvgIpc) is 2.98. The first kappa shape index (κ1) is 17.1. The molecule has 6 nitrogen and oxygen atoms in total. The van der Waals surface area contributed by atoms with Gasteiger partial charge in [-0.2, -0.15) is 0 Å². The normalized spacial score (nSPS) is 12.4. The lowest BCUT2D eigenvalue weighted by Crippen LogP contribution is -2.21. The van der Waals surface area contributed by atoms with Crippen LogP contribution < -0.4 is 5.32 Å². The van der Waals surface area contributed by atoms with Gasteiger partial charge in [-0.05, 0) is 38.0 Å². The van der Waals surface area contributed by atoms with Gasteiger partial charge in [-0.1, -0.05) is 13.8 Å². The third kappa shape index (κ3) is 3.68. The molecule has 0 aliphatic rings. The summed E-state index contributed by atoms with van der Waals surface area (Å²) in [5.41, 5.74) is 3.86. The number of hydrogen-bond acceptors (Lipinski definition) is 5. The predicted molar refractivity (Wildman–Crippen MR) is 99.1 cm³/mol. The minimum atomic E-state index is 0.0347. The summed E-state index contributed by atoms with van der Waals surface area (Å²) in [5.74, 6) is 1.91. The molecule has 0 saturated carbocycles. The summed E-state index contributed by atoms with van der Waals surface area (Å²) >= 11 is 0. The third-order valence-electron chi connectivity index (χ3n) is 4.24. The summed E-state index contributed by atoms with van der Waals surface area (Å²) < 4.78 is 2.02. The second kappa shape index (κ2) is 7.01. The molecule has 130 valence electrons. The maximum Gasteiger partial charge on any atom is 0.223 e. The van der Waals surface area contributed by atoms with Gasteiger partial charge in [-0.15, -0.1) is 0 Å². The first-order valence-corrected chi connectivity index (χ1v) is 8.47. The minimum Gasteiger partial charge on any atom is -0.344 e. The highest BCUT2D eigenvalue weighted by Gasteiger charge is 2.21. The van der Waals surface area contributed by atoms with Gasteiger partial charge in [-0.25, -0.2) is 15.0 Å². The van der Waals surface area contributed by atoms with Gasteiger partial charge in [0.15, 0.2) is 0 Å². The van der Waals surface area contributed by atoms with Crippen LogP contribution >= 0.6 is 0 Å². The van der Waals surface area contributed by atoms with Crippen LogP contribution in [-0.4, -0.2) is 24.5 Å². The lowest BCUT2D eigenvalue weighted by molar-refractivity contribution is 0.505. The number of aromatic nitrogens is 5. The van der Waals surface area contributed by atoms with E-state index < -0.39 is 0 Å². The number of rotatable bonds is 5. The fourth-order valence-corrected chi connectivity index (χ4v) is 2.88. The van der Waals surface area contributed by atoms with E-state index in [1.165, 1.54) is 0 Å². The molecule has 3 rings (SSSR count). The van der Waals surface area contributed by atoms with Crippen LogP contribution in [0, 0.1) is 19.8 Å². The SMILES string of the molecule is Cc1ccc(-c2ccnc(NC(c3nccn3C)C(C)C)n2)c(C)n1. The molecule has 0 bridgehead atoms. The molecule has 1 N–H and O–H groups in total. The lowest BCUT2D eigenvalue weighted by atomic mass is 10.0. The van der Waals surface area contributed by atoms with E-state index in [4.69, 9.17) is 4.98 Å². The van der Waals surface area contributed by atoms with Crippen LogP contribution in [-0.2, 0) is 7.05 Å². The maximum absolute atomic E-state index is 4.70. The van der Waals surface area contributed by atoms with E-state index in [-0.39, 0.29) is 6.04 Å². The molecular weight excluding hydrogens is 312 g/mol. The number of nitrogens with one attached hydrogen (secondary N) is 1. The Kier molecular flexibility index (Phi) is 4.79. The molecular formula is C19H24N6. The number of anilines is 1. The summed E-state index contributed by atoms with van der Waals surface area (Å²) in [6.45, 7) is 8.31. The molecule has 0 saturated heterocycles. The van der Waals surface area contributed by atoms with Crippen LogP contribution in [0.15, 0.2) is 36.8 Å². The van der Waals surface area contributed by atoms with Gasteiger partial charge in [-0.3, -0.25) is 4.98 Å². The zero-order chi connectivity index (χ0) is 18.0. The Hall–Kier alpha value is -2.76. The van der Waals surface area contributed by atoms with Crippen molar-refractivity contribution in [1.29, 1.82) is 0 Å². The van der Waals surface area contributed by atoms with Gasteiger partial charge >= 0.3 is 0 Å². The standard InChI is InChI=1S/C19H24N6/c1-12(2)17(18-20-10-11-25(18)5)24-19-21-9-8-16(23-19)15-7-6-13(3)22-14(15)4/h6-12,17H,1-5H3,(H,21,23,24). The van der Waals surface area contributed by atoms with Crippen molar-refractivity contribution in [1.82, 2.24) is 24.5 Å². The van der Waals surface area contributed by atoms with Gasteiger partial charge in [0.1, 0.15) is 5.82 Å². The third-order valence-corrected chi connectivity index (χ3v) is 4.24. The minimum absolute atomic E-state index is 0.0347. The maximum atomic E-state index is 4.70. The second-order valence-electron chi connectivity index (χ2n) is 6.61. The van der Waals surface area contributed by atoms with E-state index >= 15 is 0 Å². The van der Waals surface area contributed by atoms with Crippen molar-refractivity contribution in [2.45, 2.75) is 33.7 Å². The molecule has 1 atom stereocenters. The molecule has 3 aromatic heterocycles. The van der Waals surface area contributed by atoms with Crippen molar-refractivity contribution in [2.24, 2.45) is 13.0 Å². The van der Waals surface area contributed by atoms with E-state index in [2.05, 4.69) is 40.2 Å². The predicted octanol–water partition coefficient (Wildman–Crippen LogP) is 3.70. The van der Waals surface area contributed by atoms with Gasteiger partial charge in [0.05, 0.1) is 11.7 Å². The Morgan fingerprint density at radius 2 is 1.80 bits per heavy atom. The molecule has 0 aromatic carbocycles. The van der Waals surface area contributed by atoms with Crippen molar-refractivity contribution in [3.05, 3.63) is 54.0 Å². The summed E-state index contributed by atoms with van der Waals surface area (Å²) in [6, 6.07) is 6.01. The molecule has 0 aliphatic heterocycles. The first-order valence-electron chi connectivity index (χ1n) is 8.47. The number of aryl methyl sites for hydroxylation is 3. The Balaban J connectivity index is 1.92. The molecule has 0 fully saturated rings. The Labute approximate surface area is 148 Å². The number of hydrogen-bond donors (Lipinski definition) is 1. The zero-order valence-corrected chi connectivity index (χ0v) is 15.4. The molecule has 0 radical (unpaired) electrons. The van der Waals surface area contributed by atoms with E-state index in [0.717, 1.165) is 28.5 Å². The summed E-state index contributed by atoms with van der Waals surface area (Å²) in [6.07, 6.45) is 5.54. The van der Waals surface area contributed by atoms with Crippen LogP contribution in [0.2, 0.25) is 0 Å². The topological polar surface area (TPSA) is 68.5 Å². The van der Waals surface area contributed by atoms with Gasteiger partial charge < -0.3 is 9.88 Å². The summed E-state index contributed by atoms with van der Waals surface area (Å²) in [5, 5.41) is 3.44. The molecule has 1 unspecified atom stereocenters. The molecule has 25 heavy (non-hydrogen) atoms. The van der Waals surface area contributed by atoms with Crippen molar-refractivity contribution >= 4 is 5.95 Å². The van der Waals surface area contributed by atoms with E-state index in [0.29, 0.717) is 11.9 Å². The molecule has 0 amide bonds. The average molecular weight is 336 g/mol. The molecule has 3 aromatic rings. The van der Waals surface area contributed by atoms with Crippen molar-refractivity contribution in [3.8, 4) is 11.3 Å². The number of pyridine rings is 1. The number of nitrogens with zero attached hydrogens (tertiary/aromatic N) is 5. The zero-order valence-electron chi connectivity index (χ0n) is 15.4.